The standard InChI is InChI=1S/C21H20N2O6S3/c1-12(23-31(2,25)26)13-4-6-14(7-5-13)18-17(29-32(3,27)28)9-8-16-19(18)15-10-11-30-20(15)21(24)22-16/h4-12,23H,1-3H3,(H,22,24). The highest BCUT2D eigenvalue weighted by molar-refractivity contribution is 7.88. The van der Waals surface area contributed by atoms with Crippen molar-refractivity contribution in [3.63, 3.8) is 0 Å². The van der Waals surface area contributed by atoms with Gasteiger partial charge in [0, 0.05) is 27.9 Å². The molecular formula is C21H20N2O6S3. The Hall–Kier alpha value is -2.73. The Kier molecular flexibility index (Phi) is 5.61. The van der Waals surface area contributed by atoms with Crippen LogP contribution in [0.2, 0.25) is 0 Å². The van der Waals surface area contributed by atoms with Crippen LogP contribution in [0.15, 0.2) is 52.6 Å². The van der Waals surface area contributed by atoms with E-state index in [1.165, 1.54) is 17.4 Å². The maximum atomic E-state index is 12.4. The van der Waals surface area contributed by atoms with Crippen molar-refractivity contribution >= 4 is 52.5 Å². The van der Waals surface area contributed by atoms with Gasteiger partial charge in [0.1, 0.15) is 4.70 Å². The molecule has 0 radical (unpaired) electrons. The third-order valence-electron chi connectivity index (χ3n) is 4.89. The van der Waals surface area contributed by atoms with Crippen molar-refractivity contribution in [2.24, 2.45) is 0 Å². The van der Waals surface area contributed by atoms with Gasteiger partial charge in [0.25, 0.3) is 5.56 Å². The summed E-state index contributed by atoms with van der Waals surface area (Å²) in [4.78, 5) is 15.3. The number of thiophene rings is 1. The quantitative estimate of drug-likeness (QED) is 0.398. The largest absolute Gasteiger partial charge is 0.382 e. The van der Waals surface area contributed by atoms with Crippen LogP contribution in [-0.2, 0) is 20.1 Å². The molecule has 0 aliphatic heterocycles. The minimum absolute atomic E-state index is 0.134. The molecule has 2 aromatic carbocycles. The highest BCUT2D eigenvalue weighted by Gasteiger charge is 2.19. The minimum Gasteiger partial charge on any atom is -0.382 e. The van der Waals surface area contributed by atoms with Crippen LogP contribution in [-0.4, -0.2) is 34.3 Å². The summed E-state index contributed by atoms with van der Waals surface area (Å²) < 4.78 is 55.3. The summed E-state index contributed by atoms with van der Waals surface area (Å²) >= 11 is 1.30. The molecule has 1 atom stereocenters. The van der Waals surface area contributed by atoms with E-state index in [0.29, 0.717) is 32.1 Å². The van der Waals surface area contributed by atoms with Gasteiger partial charge < -0.3 is 9.17 Å². The van der Waals surface area contributed by atoms with Crippen molar-refractivity contribution in [1.29, 1.82) is 0 Å². The molecule has 8 nitrogen and oxygen atoms in total. The minimum atomic E-state index is -3.81. The molecule has 4 rings (SSSR count). The Morgan fingerprint density at radius 2 is 1.69 bits per heavy atom. The number of nitrogens with one attached hydrogen (secondary N) is 2. The van der Waals surface area contributed by atoms with Gasteiger partial charge in [0.2, 0.25) is 10.0 Å². The second kappa shape index (κ2) is 8.00. The predicted octanol–water partition coefficient (Wildman–Crippen LogP) is 3.36. The van der Waals surface area contributed by atoms with Crippen LogP contribution in [0.4, 0.5) is 0 Å². The molecule has 0 spiro atoms. The zero-order chi connectivity index (χ0) is 23.3. The fraction of sp³-hybridized carbons (Fsp3) is 0.190. The molecule has 32 heavy (non-hydrogen) atoms. The summed E-state index contributed by atoms with van der Waals surface area (Å²) in [7, 11) is -7.19. The van der Waals surface area contributed by atoms with Crippen LogP contribution in [0, 0.1) is 0 Å². The first-order chi connectivity index (χ1) is 14.9. The molecule has 4 aromatic rings. The lowest BCUT2D eigenvalue weighted by molar-refractivity contribution is 0.494. The van der Waals surface area contributed by atoms with Crippen molar-refractivity contribution in [2.45, 2.75) is 13.0 Å². The summed E-state index contributed by atoms with van der Waals surface area (Å²) in [5, 5.41) is 3.16. The summed E-state index contributed by atoms with van der Waals surface area (Å²) in [6.45, 7) is 1.73. The van der Waals surface area contributed by atoms with Gasteiger partial charge in [0.15, 0.2) is 5.75 Å². The van der Waals surface area contributed by atoms with Gasteiger partial charge in [-0.2, -0.15) is 8.42 Å². The number of hydrogen-bond donors (Lipinski definition) is 2. The average Bonchev–Trinajstić information content (AvgIpc) is 3.17. The number of hydrogen-bond acceptors (Lipinski definition) is 7. The van der Waals surface area contributed by atoms with Gasteiger partial charge in [-0.05, 0) is 41.6 Å². The lowest BCUT2D eigenvalue weighted by Gasteiger charge is -2.16. The van der Waals surface area contributed by atoms with E-state index < -0.39 is 26.2 Å². The van der Waals surface area contributed by atoms with Gasteiger partial charge in [0.05, 0.1) is 12.5 Å². The predicted molar refractivity (Wildman–Crippen MR) is 127 cm³/mol. The summed E-state index contributed by atoms with van der Waals surface area (Å²) in [5.74, 6) is 0.134. The molecule has 0 saturated heterocycles. The number of rotatable bonds is 6. The first kappa shape index (κ1) is 22.5. The first-order valence-electron chi connectivity index (χ1n) is 9.46. The molecule has 0 bridgehead atoms. The Bertz CT molecular complexity index is 1600. The molecule has 0 saturated carbocycles. The zero-order valence-corrected chi connectivity index (χ0v) is 19.8. The summed E-state index contributed by atoms with van der Waals surface area (Å²) in [5.41, 5.74) is 2.24. The monoisotopic (exact) mass is 492 g/mol. The summed E-state index contributed by atoms with van der Waals surface area (Å²) in [6.07, 6.45) is 2.06. The first-order valence-corrected chi connectivity index (χ1v) is 14.0. The molecule has 0 fully saturated rings. The second-order valence-electron chi connectivity index (χ2n) is 7.50. The van der Waals surface area contributed by atoms with Crippen LogP contribution in [0.25, 0.3) is 32.1 Å². The van der Waals surface area contributed by atoms with Gasteiger partial charge >= 0.3 is 10.1 Å². The molecule has 0 aliphatic carbocycles. The van der Waals surface area contributed by atoms with Gasteiger partial charge in [-0.1, -0.05) is 24.3 Å². The Labute approximate surface area is 189 Å². The smallest absolute Gasteiger partial charge is 0.306 e. The highest BCUT2D eigenvalue weighted by atomic mass is 32.2. The molecular weight excluding hydrogens is 472 g/mol. The van der Waals surface area contributed by atoms with Gasteiger partial charge in [-0.3, -0.25) is 4.79 Å². The molecule has 0 amide bonds. The fourth-order valence-electron chi connectivity index (χ4n) is 3.68. The average molecular weight is 493 g/mol. The number of fused-ring (bicyclic) bond motifs is 3. The van der Waals surface area contributed by atoms with Crippen molar-refractivity contribution < 1.29 is 21.0 Å². The van der Waals surface area contributed by atoms with E-state index in [4.69, 9.17) is 4.18 Å². The lowest BCUT2D eigenvalue weighted by Crippen LogP contribution is -2.25. The third kappa shape index (κ3) is 4.56. The van der Waals surface area contributed by atoms with E-state index in [9.17, 15) is 21.6 Å². The molecule has 2 heterocycles. The summed E-state index contributed by atoms with van der Waals surface area (Å²) in [6, 6.07) is 11.6. The Balaban J connectivity index is 1.96. The van der Waals surface area contributed by atoms with E-state index in [0.717, 1.165) is 18.1 Å². The normalized spacial score (nSPS) is 13.5. The van der Waals surface area contributed by atoms with Crippen LogP contribution in [0.3, 0.4) is 0 Å². The van der Waals surface area contributed by atoms with Crippen molar-refractivity contribution in [1.82, 2.24) is 9.71 Å². The number of benzene rings is 2. The van der Waals surface area contributed by atoms with E-state index >= 15 is 0 Å². The topological polar surface area (TPSA) is 122 Å². The van der Waals surface area contributed by atoms with Crippen molar-refractivity contribution in [2.75, 3.05) is 12.5 Å². The number of aromatic nitrogens is 1. The van der Waals surface area contributed by atoms with Gasteiger partial charge in [-0.15, -0.1) is 11.3 Å². The van der Waals surface area contributed by atoms with Crippen molar-refractivity contribution in [3.05, 3.63) is 63.8 Å². The molecule has 2 aromatic heterocycles. The van der Waals surface area contributed by atoms with E-state index in [-0.39, 0.29) is 11.3 Å². The second-order valence-corrected chi connectivity index (χ2v) is 11.8. The lowest BCUT2D eigenvalue weighted by atomic mass is 9.96. The zero-order valence-electron chi connectivity index (χ0n) is 17.4. The Morgan fingerprint density at radius 1 is 1.00 bits per heavy atom. The van der Waals surface area contributed by atoms with Crippen LogP contribution >= 0.6 is 11.3 Å². The van der Waals surface area contributed by atoms with E-state index in [2.05, 4.69) is 9.71 Å². The molecule has 1 unspecified atom stereocenters. The highest BCUT2D eigenvalue weighted by Crippen LogP contribution is 2.41. The maximum absolute atomic E-state index is 12.4. The molecule has 2 N–H and O–H groups in total. The third-order valence-corrected chi connectivity index (χ3v) is 7.06. The number of sulfonamides is 1. The van der Waals surface area contributed by atoms with Gasteiger partial charge in [-0.25, -0.2) is 13.1 Å². The van der Waals surface area contributed by atoms with Crippen LogP contribution in [0.5, 0.6) is 5.75 Å². The molecule has 168 valence electrons. The Morgan fingerprint density at radius 3 is 2.31 bits per heavy atom. The van der Waals surface area contributed by atoms with E-state index in [1.807, 2.05) is 6.07 Å². The fourth-order valence-corrected chi connectivity index (χ4v) is 5.71. The van der Waals surface area contributed by atoms with Crippen LogP contribution in [0.1, 0.15) is 18.5 Å². The molecule has 0 aliphatic rings. The van der Waals surface area contributed by atoms with Crippen molar-refractivity contribution in [3.8, 4) is 16.9 Å². The van der Waals surface area contributed by atoms with Crippen LogP contribution < -0.4 is 14.5 Å². The number of pyridine rings is 1. The maximum Gasteiger partial charge on any atom is 0.306 e. The molecule has 11 heteroatoms. The SMILES string of the molecule is CC(NS(C)(=O)=O)c1ccc(-c2c(OS(C)(=O)=O)ccc3[nH]c(=O)c4sccc4c23)cc1. The number of aromatic amines is 1. The van der Waals surface area contributed by atoms with E-state index in [1.54, 1.807) is 42.6 Å². The number of H-pyrrole nitrogens is 1.